The summed E-state index contributed by atoms with van der Waals surface area (Å²) in [6, 6.07) is 19.3. The first-order chi connectivity index (χ1) is 20.7. The molecule has 5 N–H and O–H groups in total. The molecule has 2 amide bonds. The van der Waals surface area contributed by atoms with Crippen molar-refractivity contribution in [3.63, 3.8) is 0 Å². The smallest absolute Gasteiger partial charge is 0.491 e. The van der Waals surface area contributed by atoms with Crippen LogP contribution in [0.4, 0.5) is 35.0 Å². The minimum absolute atomic E-state index is 0.0816. The Kier molecular flexibility index (Phi) is 11.9. The number of hydrogen-bond donors (Lipinski definition) is 5. The maximum absolute atomic E-state index is 12.5. The summed E-state index contributed by atoms with van der Waals surface area (Å²) in [5.74, 6) is -2.08. The number of carbonyl (C=O) groups is 2. The molecule has 12 nitrogen and oxygen atoms in total. The van der Waals surface area contributed by atoms with Crippen LogP contribution in [0.1, 0.15) is 5.56 Å². The Balaban J connectivity index is 1.48. The fourth-order valence-corrected chi connectivity index (χ4v) is 4.39. The number of urea groups is 1. The second-order valence-corrected chi connectivity index (χ2v) is 11.3. The van der Waals surface area contributed by atoms with Gasteiger partial charge in [0.2, 0.25) is 0 Å². The van der Waals surface area contributed by atoms with E-state index in [0.717, 1.165) is 17.7 Å². The maximum Gasteiger partial charge on any atom is 0.493 e. The number of halogens is 3. The number of ether oxygens (including phenoxy) is 1. The number of alkyl halides is 3. The molecule has 3 rings (SSSR count). The second kappa shape index (κ2) is 15.4. The number of aliphatic hydroxyl groups excluding tert-OH is 2. The molecule has 0 spiro atoms. The minimum atomic E-state index is -5.42. The third kappa shape index (κ3) is 11.0. The average molecular weight is 641 g/mol. The lowest BCUT2D eigenvalue weighted by molar-refractivity contribution is -0.199. The number of hydrogen-bond acceptors (Lipinski definition) is 9. The molecule has 0 aromatic heterocycles. The number of amides is 2. The van der Waals surface area contributed by atoms with E-state index in [9.17, 15) is 41.4 Å². The highest BCUT2D eigenvalue weighted by Gasteiger charge is 2.44. The number of aliphatic hydroxyl groups is 2. The number of nitrogens with zero attached hydrogens (tertiary/aromatic N) is 1. The number of carbonyl (C=O) groups excluding carboxylic acids is 2. The van der Waals surface area contributed by atoms with Crippen molar-refractivity contribution in [3.05, 3.63) is 84.4 Å². The molecule has 0 aliphatic carbocycles. The first-order valence-electron chi connectivity index (χ1n) is 13.0. The Bertz CT molecular complexity index is 1480. The molecule has 0 aliphatic rings. The summed E-state index contributed by atoms with van der Waals surface area (Å²) < 4.78 is 66.7. The van der Waals surface area contributed by atoms with Crippen LogP contribution >= 0.6 is 0 Å². The molecule has 238 valence electrons. The fraction of sp³-hybridized carbons (Fsp3) is 0.286. The van der Waals surface area contributed by atoms with Crippen LogP contribution < -0.4 is 25.2 Å². The van der Waals surface area contributed by atoms with Gasteiger partial charge in [0.15, 0.2) is 0 Å². The van der Waals surface area contributed by atoms with Crippen LogP contribution in [0.5, 0.6) is 5.75 Å². The summed E-state index contributed by atoms with van der Waals surface area (Å²) in [6.45, 7) is 0.0994. The molecule has 0 heterocycles. The summed E-state index contributed by atoms with van der Waals surface area (Å²) in [5, 5.41) is 28.1. The van der Waals surface area contributed by atoms with Crippen molar-refractivity contribution in [1.82, 2.24) is 5.32 Å². The molecule has 0 saturated heterocycles. The Morgan fingerprint density at radius 3 is 2.02 bits per heavy atom. The van der Waals surface area contributed by atoms with Crippen molar-refractivity contribution in [2.45, 2.75) is 24.7 Å². The molecule has 3 aromatic rings. The van der Waals surface area contributed by atoms with Gasteiger partial charge in [0.05, 0.1) is 18.6 Å². The van der Waals surface area contributed by atoms with E-state index in [-0.39, 0.29) is 36.0 Å². The van der Waals surface area contributed by atoms with E-state index in [1.165, 1.54) is 12.1 Å². The van der Waals surface area contributed by atoms with E-state index in [1.54, 1.807) is 36.4 Å². The lowest BCUT2D eigenvalue weighted by atomic mass is 10.1. The second-order valence-electron chi connectivity index (χ2n) is 9.46. The SMILES string of the molecule is CS(=O)(=O)N(OC(=O)C(F)(F)F)c1ccc(NC(=O)Nc2ccc(C[C@@H](CO)NC[C@H](O)COc3ccccc3)cc2)cc1. The van der Waals surface area contributed by atoms with E-state index >= 15 is 0 Å². The van der Waals surface area contributed by atoms with E-state index in [0.29, 0.717) is 24.1 Å². The number of rotatable bonds is 14. The van der Waals surface area contributed by atoms with E-state index in [1.807, 2.05) is 18.2 Å². The fourth-order valence-electron chi connectivity index (χ4n) is 3.68. The number of anilines is 3. The first-order valence-corrected chi connectivity index (χ1v) is 14.9. The molecule has 2 atom stereocenters. The van der Waals surface area contributed by atoms with Gasteiger partial charge < -0.3 is 35.7 Å². The van der Waals surface area contributed by atoms with Crippen LogP contribution in [0.25, 0.3) is 0 Å². The van der Waals surface area contributed by atoms with Gasteiger partial charge in [-0.05, 0) is 60.5 Å². The van der Waals surface area contributed by atoms with Gasteiger partial charge in [0, 0.05) is 24.0 Å². The molecule has 0 bridgehead atoms. The van der Waals surface area contributed by atoms with E-state index in [4.69, 9.17) is 4.74 Å². The van der Waals surface area contributed by atoms with Crippen LogP contribution in [0.2, 0.25) is 0 Å². The van der Waals surface area contributed by atoms with Crippen molar-refractivity contribution in [2.75, 3.05) is 41.1 Å². The van der Waals surface area contributed by atoms with Crippen LogP contribution in [0.15, 0.2) is 78.9 Å². The molecule has 0 unspecified atom stereocenters. The lowest BCUT2D eigenvalue weighted by Gasteiger charge is -2.21. The quantitative estimate of drug-likeness (QED) is 0.167. The van der Waals surface area contributed by atoms with E-state index in [2.05, 4.69) is 20.8 Å². The van der Waals surface area contributed by atoms with Crippen molar-refractivity contribution in [3.8, 4) is 5.75 Å². The molecular formula is C28H31F3N4O8S. The number of benzene rings is 3. The Morgan fingerprint density at radius 2 is 1.50 bits per heavy atom. The predicted molar refractivity (Wildman–Crippen MR) is 156 cm³/mol. The topological polar surface area (TPSA) is 167 Å². The molecule has 0 fully saturated rings. The zero-order valence-electron chi connectivity index (χ0n) is 23.3. The van der Waals surface area contributed by atoms with E-state index < -0.39 is 40.0 Å². The van der Waals surface area contributed by atoms with Gasteiger partial charge in [-0.2, -0.15) is 13.2 Å². The maximum atomic E-state index is 12.5. The number of nitrogens with one attached hydrogen (secondary N) is 3. The normalized spacial score (nSPS) is 13.0. The molecule has 0 saturated carbocycles. The molecular weight excluding hydrogens is 609 g/mol. The highest BCUT2D eigenvalue weighted by Crippen LogP contribution is 2.25. The zero-order chi connectivity index (χ0) is 32.3. The van der Waals surface area contributed by atoms with Gasteiger partial charge in [-0.15, -0.1) is 0 Å². The van der Waals surface area contributed by atoms with Crippen molar-refractivity contribution in [1.29, 1.82) is 0 Å². The average Bonchev–Trinajstić information content (AvgIpc) is 2.97. The van der Waals surface area contributed by atoms with Gasteiger partial charge in [0.25, 0.3) is 10.0 Å². The summed E-state index contributed by atoms with van der Waals surface area (Å²) in [5.41, 5.74) is 1.02. The first kappa shape index (κ1) is 34.1. The molecule has 3 aromatic carbocycles. The highest BCUT2D eigenvalue weighted by molar-refractivity contribution is 7.91. The highest BCUT2D eigenvalue weighted by atomic mass is 32.2. The molecule has 0 aliphatic heterocycles. The minimum Gasteiger partial charge on any atom is -0.491 e. The predicted octanol–water partition coefficient (Wildman–Crippen LogP) is 3.05. The van der Waals surface area contributed by atoms with Crippen molar-refractivity contribution >= 4 is 39.1 Å². The zero-order valence-corrected chi connectivity index (χ0v) is 24.1. The third-order valence-corrected chi connectivity index (χ3v) is 6.66. The number of sulfonamides is 1. The summed E-state index contributed by atoms with van der Waals surface area (Å²) >= 11 is 0. The van der Waals surface area contributed by atoms with Crippen molar-refractivity contribution < 1.29 is 51.0 Å². The summed E-state index contributed by atoms with van der Waals surface area (Å²) in [4.78, 5) is 27.6. The lowest BCUT2D eigenvalue weighted by Crippen LogP contribution is -2.41. The Labute approximate surface area is 251 Å². The Hall–Kier alpha value is -4.38. The Morgan fingerprint density at radius 1 is 0.932 bits per heavy atom. The standard InChI is InChI=1S/C28H31F3N4O8S/c1-44(40,41)35(43-26(38)28(29,30)31)23-13-11-21(12-14-23)34-27(39)33-20-9-7-19(8-10-20)15-22(17-36)32-16-24(37)18-42-25-5-3-2-4-6-25/h2-14,22,24,32,36-37H,15-18H2,1H3,(H2,33,34,39)/t22-,24-/m0/s1. The number of para-hydroxylation sites is 1. The third-order valence-electron chi connectivity index (χ3n) is 5.78. The van der Waals surface area contributed by atoms with Crippen LogP contribution in [-0.4, -0.2) is 75.0 Å². The van der Waals surface area contributed by atoms with Gasteiger partial charge in [-0.1, -0.05) is 34.8 Å². The van der Waals surface area contributed by atoms with Crippen LogP contribution in [0, 0.1) is 0 Å². The molecule has 44 heavy (non-hydrogen) atoms. The van der Waals surface area contributed by atoms with Crippen LogP contribution in [0.3, 0.4) is 0 Å². The van der Waals surface area contributed by atoms with Gasteiger partial charge >= 0.3 is 18.2 Å². The van der Waals surface area contributed by atoms with Gasteiger partial charge in [-0.3, -0.25) is 0 Å². The molecule has 0 radical (unpaired) electrons. The largest absolute Gasteiger partial charge is 0.493 e. The monoisotopic (exact) mass is 640 g/mol. The van der Waals surface area contributed by atoms with Gasteiger partial charge in [-0.25, -0.2) is 18.0 Å². The summed E-state index contributed by atoms with van der Waals surface area (Å²) in [7, 11) is -4.43. The summed E-state index contributed by atoms with van der Waals surface area (Å²) in [6.07, 6.45) is -5.23. The van der Waals surface area contributed by atoms with Crippen molar-refractivity contribution in [2.24, 2.45) is 0 Å². The van der Waals surface area contributed by atoms with Crippen LogP contribution in [-0.2, 0) is 26.1 Å². The van der Waals surface area contributed by atoms with Gasteiger partial charge in [0.1, 0.15) is 18.5 Å². The molecule has 16 heteroatoms.